The Morgan fingerprint density at radius 2 is 2.17 bits per heavy atom. The number of carbonyl (C=O) groups excluding carboxylic acids is 1. The first-order chi connectivity index (χ1) is 8.67. The highest BCUT2D eigenvalue weighted by atomic mass is 35.5. The monoisotopic (exact) mass is 269 g/mol. The molecule has 0 saturated heterocycles. The number of alkyl halides is 1. The largest absolute Gasteiger partial charge is 0.482 e. The molecule has 1 aromatic rings. The Kier molecular flexibility index (Phi) is 5.84. The van der Waals surface area contributed by atoms with Crippen molar-refractivity contribution >= 4 is 17.6 Å². The van der Waals surface area contributed by atoms with Gasteiger partial charge in [-0.25, -0.2) is 4.79 Å². The molecular formula is C11H12ClN3O3. The molecule has 0 aliphatic carbocycles. The Morgan fingerprint density at radius 1 is 1.50 bits per heavy atom. The lowest BCUT2D eigenvalue weighted by atomic mass is 10.1. The summed E-state index contributed by atoms with van der Waals surface area (Å²) in [7, 11) is 1.29. The predicted octanol–water partition coefficient (Wildman–Crippen LogP) is 2.83. The Hall–Kier alpha value is -1.91. The third-order valence-corrected chi connectivity index (χ3v) is 2.52. The summed E-state index contributed by atoms with van der Waals surface area (Å²) >= 11 is 6.01. The van der Waals surface area contributed by atoms with Gasteiger partial charge in [-0.3, -0.25) is 0 Å². The number of rotatable bonds is 6. The third-order valence-electron chi connectivity index (χ3n) is 2.13. The number of methoxy groups -OCH3 is 1. The molecule has 1 atom stereocenters. The fourth-order valence-electron chi connectivity index (χ4n) is 1.19. The molecule has 0 aromatic heterocycles. The maximum Gasteiger partial charge on any atom is 0.343 e. The van der Waals surface area contributed by atoms with Crippen LogP contribution >= 0.6 is 11.6 Å². The molecule has 1 aromatic carbocycles. The molecule has 1 unspecified atom stereocenters. The number of ether oxygens (including phenoxy) is 2. The van der Waals surface area contributed by atoms with E-state index >= 15 is 0 Å². The molecule has 0 saturated carbocycles. The highest BCUT2D eigenvalue weighted by molar-refractivity contribution is 6.21. The van der Waals surface area contributed by atoms with Crippen LogP contribution in [0, 0.1) is 0 Å². The van der Waals surface area contributed by atoms with Crippen molar-refractivity contribution in [1.29, 1.82) is 0 Å². The molecule has 18 heavy (non-hydrogen) atoms. The van der Waals surface area contributed by atoms with Gasteiger partial charge in [0.2, 0.25) is 0 Å². The van der Waals surface area contributed by atoms with E-state index in [1.807, 2.05) is 0 Å². The molecular weight excluding hydrogens is 258 g/mol. The van der Waals surface area contributed by atoms with Crippen LogP contribution in [0.2, 0.25) is 0 Å². The topological polar surface area (TPSA) is 84.3 Å². The molecule has 0 N–H and O–H groups in total. The first kappa shape index (κ1) is 14.2. The second-order valence-electron chi connectivity index (χ2n) is 3.31. The molecule has 7 heteroatoms. The van der Waals surface area contributed by atoms with Gasteiger partial charge >= 0.3 is 5.97 Å². The Morgan fingerprint density at radius 3 is 2.72 bits per heavy atom. The summed E-state index contributed by atoms with van der Waals surface area (Å²) in [5.74, 6) is 0.0921. The van der Waals surface area contributed by atoms with Crippen LogP contribution in [0.3, 0.4) is 0 Å². The van der Waals surface area contributed by atoms with Crippen LogP contribution in [0.4, 0.5) is 0 Å². The van der Waals surface area contributed by atoms with E-state index in [2.05, 4.69) is 14.8 Å². The second-order valence-corrected chi connectivity index (χ2v) is 3.84. The lowest BCUT2D eigenvalue weighted by Gasteiger charge is -2.08. The molecule has 96 valence electrons. The van der Waals surface area contributed by atoms with Crippen LogP contribution in [0.25, 0.3) is 10.4 Å². The van der Waals surface area contributed by atoms with Crippen LogP contribution in [0.1, 0.15) is 10.9 Å². The second kappa shape index (κ2) is 7.42. The molecule has 0 aliphatic heterocycles. The van der Waals surface area contributed by atoms with Crippen molar-refractivity contribution in [2.24, 2.45) is 5.11 Å². The van der Waals surface area contributed by atoms with E-state index in [0.29, 0.717) is 5.75 Å². The molecule has 0 fully saturated rings. The summed E-state index contributed by atoms with van der Waals surface area (Å²) in [5.41, 5.74) is 9.00. The van der Waals surface area contributed by atoms with Gasteiger partial charge in [-0.05, 0) is 23.2 Å². The predicted molar refractivity (Wildman–Crippen MR) is 66.6 cm³/mol. The smallest absolute Gasteiger partial charge is 0.343 e. The van der Waals surface area contributed by atoms with E-state index in [1.165, 1.54) is 7.11 Å². The fourth-order valence-corrected chi connectivity index (χ4v) is 1.39. The summed E-state index contributed by atoms with van der Waals surface area (Å²) in [6.07, 6.45) is 0. The summed E-state index contributed by atoms with van der Waals surface area (Å²) in [5, 5.41) is 3.02. The van der Waals surface area contributed by atoms with E-state index in [1.54, 1.807) is 24.3 Å². The molecule has 0 spiro atoms. The van der Waals surface area contributed by atoms with Crippen LogP contribution in [0.5, 0.6) is 5.75 Å². The third kappa shape index (κ3) is 4.53. The number of esters is 1. The summed E-state index contributed by atoms with van der Waals surface area (Å²) in [6, 6.07) is 6.86. The van der Waals surface area contributed by atoms with Gasteiger partial charge in [0.05, 0.1) is 12.5 Å². The van der Waals surface area contributed by atoms with Crippen LogP contribution in [0.15, 0.2) is 29.4 Å². The lowest BCUT2D eigenvalue weighted by Crippen LogP contribution is -2.12. The number of carbonyl (C=O) groups is 1. The SMILES string of the molecule is COC(=O)COc1ccc(C(Cl)CN=[N+]=[N-])cc1. The van der Waals surface area contributed by atoms with E-state index in [-0.39, 0.29) is 18.5 Å². The van der Waals surface area contributed by atoms with Crippen molar-refractivity contribution in [2.75, 3.05) is 20.3 Å². The van der Waals surface area contributed by atoms with Gasteiger partial charge in [0.15, 0.2) is 6.61 Å². The first-order valence-electron chi connectivity index (χ1n) is 5.12. The highest BCUT2D eigenvalue weighted by Crippen LogP contribution is 2.23. The number of azide groups is 1. The minimum absolute atomic E-state index is 0.140. The number of hydrogen-bond acceptors (Lipinski definition) is 4. The number of hydrogen-bond donors (Lipinski definition) is 0. The van der Waals surface area contributed by atoms with Gasteiger partial charge in [0.1, 0.15) is 5.75 Å². The lowest BCUT2D eigenvalue weighted by molar-refractivity contribution is -0.142. The van der Waals surface area contributed by atoms with Crippen LogP contribution < -0.4 is 4.74 Å². The average molecular weight is 270 g/mol. The van der Waals surface area contributed by atoms with E-state index in [0.717, 1.165) is 5.56 Å². The van der Waals surface area contributed by atoms with Crippen molar-refractivity contribution < 1.29 is 14.3 Å². The van der Waals surface area contributed by atoms with Gasteiger partial charge in [0, 0.05) is 11.5 Å². The highest BCUT2D eigenvalue weighted by Gasteiger charge is 2.07. The number of nitrogens with zero attached hydrogens (tertiary/aromatic N) is 3. The van der Waals surface area contributed by atoms with Gasteiger partial charge in [-0.1, -0.05) is 17.2 Å². The van der Waals surface area contributed by atoms with Crippen molar-refractivity contribution in [3.05, 3.63) is 40.3 Å². The standard InChI is InChI=1S/C11H12ClN3O3/c1-17-11(16)7-18-9-4-2-8(3-5-9)10(12)6-14-15-13/h2-5,10H,6-7H2,1H3. The summed E-state index contributed by atoms with van der Waals surface area (Å²) in [6.45, 7) is 0.0410. The minimum atomic E-state index is -0.447. The number of benzene rings is 1. The number of halogens is 1. The minimum Gasteiger partial charge on any atom is -0.482 e. The van der Waals surface area contributed by atoms with Gasteiger partial charge in [-0.2, -0.15) is 0 Å². The molecule has 0 radical (unpaired) electrons. The maximum atomic E-state index is 10.9. The van der Waals surface area contributed by atoms with Crippen molar-refractivity contribution in [1.82, 2.24) is 0 Å². The van der Waals surface area contributed by atoms with Crippen molar-refractivity contribution in [2.45, 2.75) is 5.38 Å². The van der Waals surface area contributed by atoms with Crippen molar-refractivity contribution in [3.63, 3.8) is 0 Å². The van der Waals surface area contributed by atoms with E-state index in [4.69, 9.17) is 21.9 Å². The normalized spacial score (nSPS) is 11.2. The first-order valence-corrected chi connectivity index (χ1v) is 5.55. The zero-order valence-corrected chi connectivity index (χ0v) is 10.5. The van der Waals surface area contributed by atoms with Crippen molar-refractivity contribution in [3.8, 4) is 5.75 Å². The average Bonchev–Trinajstić information content (AvgIpc) is 2.42. The Bertz CT molecular complexity index is 443. The zero-order valence-electron chi connectivity index (χ0n) is 9.75. The molecule has 1 rings (SSSR count). The van der Waals surface area contributed by atoms with Crippen LogP contribution in [-0.2, 0) is 9.53 Å². The molecule has 0 bridgehead atoms. The van der Waals surface area contributed by atoms with Gasteiger partial charge < -0.3 is 9.47 Å². The van der Waals surface area contributed by atoms with E-state index < -0.39 is 5.97 Å². The Labute approximate surface area is 109 Å². The molecule has 0 amide bonds. The fraction of sp³-hybridized carbons (Fsp3) is 0.364. The molecule has 0 heterocycles. The quantitative estimate of drug-likeness (QED) is 0.262. The van der Waals surface area contributed by atoms with Gasteiger partial charge in [-0.15, -0.1) is 11.6 Å². The van der Waals surface area contributed by atoms with Crippen LogP contribution in [-0.4, -0.2) is 26.2 Å². The molecule has 0 aliphatic rings. The van der Waals surface area contributed by atoms with E-state index in [9.17, 15) is 4.79 Å². The zero-order chi connectivity index (χ0) is 13.4. The summed E-state index contributed by atoms with van der Waals surface area (Å²) < 4.78 is 9.62. The van der Waals surface area contributed by atoms with Gasteiger partial charge in [0.25, 0.3) is 0 Å². The Balaban J connectivity index is 2.56. The summed E-state index contributed by atoms with van der Waals surface area (Å²) in [4.78, 5) is 13.5. The maximum absolute atomic E-state index is 10.9. The molecule has 6 nitrogen and oxygen atoms in total.